The Labute approximate surface area is 157 Å². The van der Waals surface area contributed by atoms with Crippen molar-refractivity contribution in [3.8, 4) is 5.75 Å². The standard InChI is InChI=1S/C19H20N2O2S.ClH/c1-2-3-7-14-10-11-16-17(12-14)24-19(20-16)21-18(22)13-23-15-8-5-4-6-9-15;/h4-6,8-12H,2-3,7,13H2,1H3,(H,20,21,22);1H. The number of unbranched alkanes of at least 4 members (excludes halogenated alkanes) is 1. The Morgan fingerprint density at radius 1 is 1.20 bits per heavy atom. The molecule has 6 heteroatoms. The van der Waals surface area contributed by atoms with E-state index in [1.165, 1.54) is 29.7 Å². The third-order valence-electron chi connectivity index (χ3n) is 3.63. The first-order valence-corrected chi connectivity index (χ1v) is 8.93. The minimum atomic E-state index is -0.205. The molecule has 2 aromatic carbocycles. The highest BCUT2D eigenvalue weighted by Gasteiger charge is 2.09. The van der Waals surface area contributed by atoms with Crippen molar-refractivity contribution in [3.05, 3.63) is 54.1 Å². The van der Waals surface area contributed by atoms with E-state index in [1.807, 2.05) is 36.4 Å². The van der Waals surface area contributed by atoms with Crippen molar-refractivity contribution in [2.45, 2.75) is 26.2 Å². The Bertz CT molecular complexity index is 821. The average molecular weight is 377 g/mol. The van der Waals surface area contributed by atoms with Crippen LogP contribution in [0.25, 0.3) is 10.2 Å². The molecule has 4 nitrogen and oxygen atoms in total. The molecule has 3 rings (SSSR count). The summed E-state index contributed by atoms with van der Waals surface area (Å²) in [6.07, 6.45) is 3.45. The number of para-hydroxylation sites is 1. The third kappa shape index (κ3) is 5.44. The van der Waals surface area contributed by atoms with Gasteiger partial charge in [0.1, 0.15) is 5.75 Å². The first-order valence-electron chi connectivity index (χ1n) is 8.12. The second-order valence-corrected chi connectivity index (χ2v) is 6.61. The van der Waals surface area contributed by atoms with Crippen LogP contribution in [0.1, 0.15) is 25.3 Å². The van der Waals surface area contributed by atoms with Gasteiger partial charge in [0.05, 0.1) is 10.2 Å². The van der Waals surface area contributed by atoms with Crippen LogP contribution in [-0.4, -0.2) is 17.5 Å². The van der Waals surface area contributed by atoms with Crippen molar-refractivity contribution in [2.75, 3.05) is 11.9 Å². The molecular formula is C19H21ClN2O2S. The number of thiazole rings is 1. The Kier molecular flexibility index (Phi) is 7.22. The summed E-state index contributed by atoms with van der Waals surface area (Å²) in [5, 5.41) is 3.42. The molecule has 25 heavy (non-hydrogen) atoms. The van der Waals surface area contributed by atoms with Crippen LogP contribution in [0, 0.1) is 0 Å². The fourth-order valence-corrected chi connectivity index (χ4v) is 3.33. The number of hydrogen-bond donors (Lipinski definition) is 1. The maximum absolute atomic E-state index is 12.0. The second-order valence-electron chi connectivity index (χ2n) is 5.57. The zero-order valence-electron chi connectivity index (χ0n) is 14.0. The van der Waals surface area contributed by atoms with Crippen LogP contribution in [0.3, 0.4) is 0 Å². The number of amides is 1. The number of halogens is 1. The van der Waals surface area contributed by atoms with E-state index in [0.29, 0.717) is 10.9 Å². The molecule has 1 N–H and O–H groups in total. The molecule has 0 bridgehead atoms. The van der Waals surface area contributed by atoms with Crippen LogP contribution >= 0.6 is 23.7 Å². The first-order chi connectivity index (χ1) is 11.7. The topological polar surface area (TPSA) is 51.2 Å². The maximum Gasteiger partial charge on any atom is 0.264 e. The first kappa shape index (κ1) is 19.2. The van der Waals surface area contributed by atoms with Crippen LogP contribution in [0.4, 0.5) is 5.13 Å². The number of fused-ring (bicyclic) bond motifs is 1. The minimum absolute atomic E-state index is 0. The van der Waals surface area contributed by atoms with E-state index >= 15 is 0 Å². The van der Waals surface area contributed by atoms with Crippen LogP contribution in [0.15, 0.2) is 48.5 Å². The van der Waals surface area contributed by atoms with Gasteiger partial charge in [-0.3, -0.25) is 10.1 Å². The van der Waals surface area contributed by atoms with Crippen molar-refractivity contribution in [1.82, 2.24) is 4.98 Å². The van der Waals surface area contributed by atoms with E-state index in [1.54, 1.807) is 0 Å². The number of nitrogens with zero attached hydrogens (tertiary/aromatic N) is 1. The molecule has 3 aromatic rings. The van der Waals surface area contributed by atoms with Crippen molar-refractivity contribution in [2.24, 2.45) is 0 Å². The lowest BCUT2D eigenvalue weighted by atomic mass is 10.1. The molecule has 132 valence electrons. The minimum Gasteiger partial charge on any atom is -0.484 e. The Morgan fingerprint density at radius 2 is 2.00 bits per heavy atom. The summed E-state index contributed by atoms with van der Waals surface area (Å²) >= 11 is 1.50. The molecule has 0 fully saturated rings. The molecule has 1 aromatic heterocycles. The molecular weight excluding hydrogens is 356 g/mol. The van der Waals surface area contributed by atoms with Gasteiger partial charge >= 0.3 is 0 Å². The summed E-state index contributed by atoms with van der Waals surface area (Å²) in [7, 11) is 0. The number of ether oxygens (including phenoxy) is 1. The molecule has 0 radical (unpaired) electrons. The fraction of sp³-hybridized carbons (Fsp3) is 0.263. The number of hydrogen-bond acceptors (Lipinski definition) is 4. The summed E-state index contributed by atoms with van der Waals surface area (Å²) in [5.41, 5.74) is 2.23. The van der Waals surface area contributed by atoms with Gasteiger partial charge in [-0.15, -0.1) is 12.4 Å². The molecule has 1 amide bonds. The number of aryl methyl sites for hydroxylation is 1. The number of rotatable bonds is 7. The molecule has 0 unspecified atom stereocenters. The van der Waals surface area contributed by atoms with E-state index in [-0.39, 0.29) is 24.9 Å². The van der Waals surface area contributed by atoms with E-state index in [0.717, 1.165) is 16.6 Å². The molecule has 0 atom stereocenters. The number of carbonyl (C=O) groups is 1. The van der Waals surface area contributed by atoms with Crippen molar-refractivity contribution in [1.29, 1.82) is 0 Å². The zero-order valence-corrected chi connectivity index (χ0v) is 15.7. The van der Waals surface area contributed by atoms with E-state index in [4.69, 9.17) is 4.74 Å². The smallest absolute Gasteiger partial charge is 0.264 e. The Hall–Kier alpha value is -2.11. The summed E-state index contributed by atoms with van der Waals surface area (Å²) in [6.45, 7) is 2.16. The largest absolute Gasteiger partial charge is 0.484 e. The van der Waals surface area contributed by atoms with Gasteiger partial charge in [0.2, 0.25) is 0 Å². The van der Waals surface area contributed by atoms with Gasteiger partial charge in [0.25, 0.3) is 5.91 Å². The normalized spacial score (nSPS) is 10.3. The van der Waals surface area contributed by atoms with Gasteiger partial charge in [-0.1, -0.05) is 48.9 Å². The molecule has 1 heterocycles. The van der Waals surface area contributed by atoms with Crippen LogP contribution in [0.5, 0.6) is 5.75 Å². The van der Waals surface area contributed by atoms with Gasteiger partial charge in [-0.05, 0) is 42.7 Å². The van der Waals surface area contributed by atoms with Gasteiger partial charge in [0.15, 0.2) is 11.7 Å². The summed E-state index contributed by atoms with van der Waals surface area (Å²) in [6, 6.07) is 15.6. The van der Waals surface area contributed by atoms with Gasteiger partial charge in [0, 0.05) is 0 Å². The Morgan fingerprint density at radius 3 is 2.76 bits per heavy atom. The highest BCUT2D eigenvalue weighted by atomic mass is 35.5. The summed E-state index contributed by atoms with van der Waals surface area (Å²) < 4.78 is 6.54. The van der Waals surface area contributed by atoms with E-state index in [9.17, 15) is 4.79 Å². The number of anilines is 1. The van der Waals surface area contributed by atoms with Crippen molar-refractivity contribution >= 4 is 45.0 Å². The summed E-state index contributed by atoms with van der Waals surface area (Å²) in [4.78, 5) is 16.5. The molecule has 0 aliphatic heterocycles. The maximum atomic E-state index is 12.0. The molecule has 0 aliphatic carbocycles. The molecule has 0 saturated heterocycles. The lowest BCUT2D eigenvalue weighted by molar-refractivity contribution is -0.118. The van der Waals surface area contributed by atoms with Crippen LogP contribution in [-0.2, 0) is 11.2 Å². The monoisotopic (exact) mass is 376 g/mol. The van der Waals surface area contributed by atoms with Crippen molar-refractivity contribution < 1.29 is 9.53 Å². The predicted molar refractivity (Wildman–Crippen MR) is 106 cm³/mol. The van der Waals surface area contributed by atoms with Crippen LogP contribution in [0.2, 0.25) is 0 Å². The fourth-order valence-electron chi connectivity index (χ4n) is 2.38. The summed E-state index contributed by atoms with van der Waals surface area (Å²) in [5.74, 6) is 0.474. The van der Waals surface area contributed by atoms with Gasteiger partial charge < -0.3 is 4.74 Å². The molecule has 0 aliphatic rings. The average Bonchev–Trinajstić information content (AvgIpc) is 3.00. The van der Waals surface area contributed by atoms with E-state index in [2.05, 4.69) is 29.4 Å². The van der Waals surface area contributed by atoms with E-state index < -0.39 is 0 Å². The van der Waals surface area contributed by atoms with Crippen molar-refractivity contribution in [3.63, 3.8) is 0 Å². The molecule has 0 spiro atoms. The molecule has 0 saturated carbocycles. The number of nitrogens with one attached hydrogen (secondary N) is 1. The highest BCUT2D eigenvalue weighted by molar-refractivity contribution is 7.22. The lowest BCUT2D eigenvalue weighted by Crippen LogP contribution is -2.19. The quantitative estimate of drug-likeness (QED) is 0.625. The SMILES string of the molecule is CCCCc1ccc2nc(NC(=O)COc3ccccc3)sc2c1.Cl. The predicted octanol–water partition coefficient (Wildman–Crippen LogP) is 5.08. The number of carbonyl (C=O) groups excluding carboxylic acids is 1. The third-order valence-corrected chi connectivity index (χ3v) is 4.56. The lowest BCUT2D eigenvalue weighted by Gasteiger charge is -2.04. The number of aromatic nitrogens is 1. The second kappa shape index (κ2) is 9.39. The highest BCUT2D eigenvalue weighted by Crippen LogP contribution is 2.27. The van der Waals surface area contributed by atoms with Gasteiger partial charge in [-0.2, -0.15) is 0 Å². The Balaban J connectivity index is 0.00000225. The zero-order chi connectivity index (χ0) is 16.8. The van der Waals surface area contributed by atoms with Gasteiger partial charge in [-0.25, -0.2) is 4.98 Å². The number of benzene rings is 2. The van der Waals surface area contributed by atoms with Crippen LogP contribution < -0.4 is 10.1 Å².